The van der Waals surface area contributed by atoms with Crippen LogP contribution in [0.3, 0.4) is 0 Å². The lowest BCUT2D eigenvalue weighted by Gasteiger charge is -2.29. The van der Waals surface area contributed by atoms with Crippen molar-refractivity contribution in [3.05, 3.63) is 35.4 Å². The summed E-state index contributed by atoms with van der Waals surface area (Å²) in [5, 5.41) is 3.43. The SMILES string of the molecule is CC1(Cc2c(F)cccc2F)CCCCCN1. The van der Waals surface area contributed by atoms with Crippen LogP contribution in [0.4, 0.5) is 8.78 Å². The first-order valence-corrected chi connectivity index (χ1v) is 6.29. The zero-order valence-corrected chi connectivity index (χ0v) is 10.2. The molecule has 0 bridgehead atoms. The van der Waals surface area contributed by atoms with Crippen molar-refractivity contribution in [1.29, 1.82) is 0 Å². The molecule has 1 unspecified atom stereocenters. The van der Waals surface area contributed by atoms with Gasteiger partial charge in [0.25, 0.3) is 0 Å². The van der Waals surface area contributed by atoms with E-state index in [-0.39, 0.29) is 11.1 Å². The third kappa shape index (κ3) is 3.03. The first-order valence-electron chi connectivity index (χ1n) is 6.29. The minimum absolute atomic E-state index is 0.181. The molecule has 0 saturated carbocycles. The number of benzene rings is 1. The Balaban J connectivity index is 2.18. The molecule has 94 valence electrons. The highest BCUT2D eigenvalue weighted by Gasteiger charge is 2.27. The van der Waals surface area contributed by atoms with Crippen molar-refractivity contribution in [2.45, 2.75) is 44.6 Å². The van der Waals surface area contributed by atoms with Gasteiger partial charge in [0.05, 0.1) is 0 Å². The fraction of sp³-hybridized carbons (Fsp3) is 0.571. The molecule has 1 heterocycles. The maximum atomic E-state index is 13.6. The summed E-state index contributed by atoms with van der Waals surface area (Å²) < 4.78 is 27.2. The molecule has 1 aromatic rings. The van der Waals surface area contributed by atoms with E-state index in [1.807, 2.05) is 0 Å². The van der Waals surface area contributed by atoms with Crippen LogP contribution < -0.4 is 5.32 Å². The molecule has 0 aliphatic carbocycles. The lowest BCUT2D eigenvalue weighted by atomic mass is 9.88. The normalized spacial score (nSPS) is 25.6. The van der Waals surface area contributed by atoms with E-state index in [4.69, 9.17) is 0 Å². The van der Waals surface area contributed by atoms with Gasteiger partial charge in [-0.1, -0.05) is 18.9 Å². The van der Waals surface area contributed by atoms with Gasteiger partial charge in [0.2, 0.25) is 0 Å². The molecule has 1 N–H and O–H groups in total. The molecule has 1 aromatic carbocycles. The highest BCUT2D eigenvalue weighted by atomic mass is 19.1. The van der Waals surface area contributed by atoms with Gasteiger partial charge in [-0.3, -0.25) is 0 Å². The molecule has 1 fully saturated rings. The third-order valence-electron chi connectivity index (χ3n) is 3.59. The Morgan fingerprint density at radius 1 is 1.18 bits per heavy atom. The van der Waals surface area contributed by atoms with E-state index < -0.39 is 11.6 Å². The van der Waals surface area contributed by atoms with Crippen LogP contribution in [0.2, 0.25) is 0 Å². The molecular weight excluding hydrogens is 220 g/mol. The predicted octanol–water partition coefficient (Wildman–Crippen LogP) is 3.43. The van der Waals surface area contributed by atoms with E-state index in [2.05, 4.69) is 12.2 Å². The van der Waals surface area contributed by atoms with Crippen LogP contribution >= 0.6 is 0 Å². The van der Waals surface area contributed by atoms with Crippen molar-refractivity contribution in [2.75, 3.05) is 6.54 Å². The quantitative estimate of drug-likeness (QED) is 0.833. The summed E-state index contributed by atoms with van der Waals surface area (Å²) in [6.07, 6.45) is 4.86. The molecule has 0 radical (unpaired) electrons. The van der Waals surface area contributed by atoms with Gasteiger partial charge in [0.15, 0.2) is 0 Å². The molecule has 0 aromatic heterocycles. The average Bonchev–Trinajstić information content (AvgIpc) is 2.49. The molecule has 1 aliphatic heterocycles. The molecule has 1 atom stereocenters. The summed E-state index contributed by atoms with van der Waals surface area (Å²) in [4.78, 5) is 0. The molecule has 1 aliphatic rings. The molecular formula is C14H19F2N. The summed E-state index contributed by atoms with van der Waals surface area (Å²) in [6.45, 7) is 3.00. The van der Waals surface area contributed by atoms with E-state index in [0.717, 1.165) is 25.8 Å². The monoisotopic (exact) mass is 239 g/mol. The average molecular weight is 239 g/mol. The van der Waals surface area contributed by atoms with Crippen LogP contribution in [0.25, 0.3) is 0 Å². The second-order valence-electron chi connectivity index (χ2n) is 5.18. The Hall–Kier alpha value is -0.960. The van der Waals surface area contributed by atoms with Gasteiger partial charge in [0.1, 0.15) is 11.6 Å². The van der Waals surface area contributed by atoms with Crippen LogP contribution in [0, 0.1) is 11.6 Å². The topological polar surface area (TPSA) is 12.0 Å². The van der Waals surface area contributed by atoms with E-state index in [1.54, 1.807) is 0 Å². The van der Waals surface area contributed by atoms with Crippen molar-refractivity contribution < 1.29 is 8.78 Å². The maximum absolute atomic E-state index is 13.6. The van der Waals surface area contributed by atoms with Gasteiger partial charge in [-0.25, -0.2) is 8.78 Å². The van der Waals surface area contributed by atoms with Crippen molar-refractivity contribution in [3.8, 4) is 0 Å². The standard InChI is InChI=1S/C14H19F2N/c1-14(8-3-2-4-9-17-14)10-11-12(15)6-5-7-13(11)16/h5-7,17H,2-4,8-10H2,1H3. The number of hydrogen-bond donors (Lipinski definition) is 1. The van der Waals surface area contributed by atoms with Crippen LogP contribution in [0.15, 0.2) is 18.2 Å². The van der Waals surface area contributed by atoms with Crippen molar-refractivity contribution in [2.24, 2.45) is 0 Å². The number of halogens is 2. The highest BCUT2D eigenvalue weighted by Crippen LogP contribution is 2.25. The fourth-order valence-electron chi connectivity index (χ4n) is 2.54. The number of rotatable bonds is 2. The van der Waals surface area contributed by atoms with Crippen LogP contribution in [-0.2, 0) is 6.42 Å². The molecule has 17 heavy (non-hydrogen) atoms. The zero-order valence-electron chi connectivity index (χ0n) is 10.2. The van der Waals surface area contributed by atoms with Gasteiger partial charge in [-0.05, 0) is 44.9 Å². The minimum Gasteiger partial charge on any atom is -0.311 e. The second kappa shape index (κ2) is 5.13. The van der Waals surface area contributed by atoms with Crippen molar-refractivity contribution in [1.82, 2.24) is 5.32 Å². The summed E-state index contributed by atoms with van der Waals surface area (Å²) in [6, 6.07) is 4.08. The Kier molecular flexibility index (Phi) is 3.77. The van der Waals surface area contributed by atoms with Crippen LogP contribution in [0.1, 0.15) is 38.2 Å². The maximum Gasteiger partial charge on any atom is 0.129 e. The van der Waals surface area contributed by atoms with Gasteiger partial charge >= 0.3 is 0 Å². The first kappa shape index (κ1) is 12.5. The highest BCUT2D eigenvalue weighted by molar-refractivity contribution is 5.22. The van der Waals surface area contributed by atoms with E-state index in [9.17, 15) is 8.78 Å². The van der Waals surface area contributed by atoms with Crippen molar-refractivity contribution in [3.63, 3.8) is 0 Å². The Morgan fingerprint density at radius 2 is 1.88 bits per heavy atom. The Labute approximate surface area is 101 Å². The van der Waals surface area contributed by atoms with Gasteiger partial charge < -0.3 is 5.32 Å². The van der Waals surface area contributed by atoms with E-state index in [0.29, 0.717) is 6.42 Å². The molecule has 1 saturated heterocycles. The summed E-state index contributed by atoms with van der Waals surface area (Å²) in [5.41, 5.74) is 0.0314. The number of nitrogens with one attached hydrogen (secondary N) is 1. The molecule has 0 amide bonds. The van der Waals surface area contributed by atoms with Gasteiger partial charge in [0, 0.05) is 11.1 Å². The second-order valence-corrected chi connectivity index (χ2v) is 5.18. The first-order chi connectivity index (χ1) is 8.11. The fourth-order valence-corrected chi connectivity index (χ4v) is 2.54. The Bertz CT molecular complexity index is 362. The lowest BCUT2D eigenvalue weighted by molar-refractivity contribution is 0.335. The number of hydrogen-bond acceptors (Lipinski definition) is 1. The summed E-state index contributed by atoms with van der Waals surface area (Å²) in [7, 11) is 0. The smallest absolute Gasteiger partial charge is 0.129 e. The molecule has 2 rings (SSSR count). The zero-order chi connectivity index (χ0) is 12.3. The lowest BCUT2D eigenvalue weighted by Crippen LogP contribution is -2.44. The predicted molar refractivity (Wildman–Crippen MR) is 64.9 cm³/mol. The molecule has 3 heteroatoms. The van der Waals surface area contributed by atoms with Crippen LogP contribution in [0.5, 0.6) is 0 Å². The summed E-state index contributed by atoms with van der Waals surface area (Å²) in [5.74, 6) is -0.866. The van der Waals surface area contributed by atoms with Crippen LogP contribution in [-0.4, -0.2) is 12.1 Å². The molecule has 0 spiro atoms. The summed E-state index contributed by atoms with van der Waals surface area (Å²) >= 11 is 0. The van der Waals surface area contributed by atoms with Gasteiger partial charge in [-0.15, -0.1) is 0 Å². The van der Waals surface area contributed by atoms with Gasteiger partial charge in [-0.2, -0.15) is 0 Å². The van der Waals surface area contributed by atoms with Crippen molar-refractivity contribution >= 4 is 0 Å². The minimum atomic E-state index is -0.433. The third-order valence-corrected chi connectivity index (χ3v) is 3.59. The Morgan fingerprint density at radius 3 is 2.59 bits per heavy atom. The van der Waals surface area contributed by atoms with E-state index in [1.165, 1.54) is 24.6 Å². The van der Waals surface area contributed by atoms with E-state index >= 15 is 0 Å². The largest absolute Gasteiger partial charge is 0.311 e. The molecule has 1 nitrogen and oxygen atoms in total.